The van der Waals surface area contributed by atoms with Crippen LogP contribution < -0.4 is 5.32 Å². The smallest absolute Gasteiger partial charge is 0.394 e. The molecule has 0 aromatic rings. The van der Waals surface area contributed by atoms with Crippen LogP contribution in [-0.4, -0.2) is 53.9 Å². The molecule has 24 heavy (non-hydrogen) atoms. The maximum atomic E-state index is 13.3. The van der Waals surface area contributed by atoms with Crippen molar-refractivity contribution in [1.82, 2.24) is 10.2 Å². The molecule has 0 spiro atoms. The van der Waals surface area contributed by atoms with E-state index < -0.39 is 17.1 Å². The molecule has 1 saturated heterocycles. The van der Waals surface area contributed by atoms with Crippen LogP contribution in [0.25, 0.3) is 0 Å². The Hall–Kier alpha value is -0.820. The van der Waals surface area contributed by atoms with Crippen LogP contribution in [0.4, 0.5) is 13.2 Å². The van der Waals surface area contributed by atoms with Gasteiger partial charge in [-0.2, -0.15) is 13.2 Å². The van der Waals surface area contributed by atoms with Crippen LogP contribution in [0.2, 0.25) is 0 Å². The molecule has 0 aromatic heterocycles. The summed E-state index contributed by atoms with van der Waals surface area (Å²) in [5.41, 5.74) is -1.93. The Morgan fingerprint density at radius 1 is 1.08 bits per heavy atom. The molecule has 0 atom stereocenters. The van der Waals surface area contributed by atoms with Crippen molar-refractivity contribution >= 4 is 5.91 Å². The second kappa shape index (κ2) is 6.48. The molecule has 7 heteroatoms. The summed E-state index contributed by atoms with van der Waals surface area (Å²) in [4.78, 5) is 14.4. The van der Waals surface area contributed by atoms with Crippen molar-refractivity contribution in [2.45, 2.75) is 63.1 Å². The van der Waals surface area contributed by atoms with Crippen LogP contribution in [0, 0.1) is 11.3 Å². The summed E-state index contributed by atoms with van der Waals surface area (Å²) >= 11 is 0. The second-order valence-corrected chi connectivity index (χ2v) is 8.01. The van der Waals surface area contributed by atoms with Crippen molar-refractivity contribution in [3.63, 3.8) is 0 Å². The number of fused-ring (bicyclic) bond motifs is 3. The fourth-order valence-corrected chi connectivity index (χ4v) is 4.66. The van der Waals surface area contributed by atoms with E-state index in [2.05, 4.69) is 10.2 Å². The van der Waals surface area contributed by atoms with Crippen molar-refractivity contribution in [3.8, 4) is 0 Å². The number of hydrogen-bond donors (Lipinski definition) is 2. The number of nitrogens with zero attached hydrogens (tertiary/aromatic N) is 1. The Labute approximate surface area is 140 Å². The molecular formula is C17H27F3N2O2. The molecule has 4 nitrogen and oxygen atoms in total. The zero-order valence-corrected chi connectivity index (χ0v) is 14.0. The summed E-state index contributed by atoms with van der Waals surface area (Å²) in [6.07, 6.45) is -0.622. The number of alkyl halides is 3. The Balaban J connectivity index is 1.50. The predicted octanol–water partition coefficient (Wildman–Crippen LogP) is 2.46. The molecule has 138 valence electrons. The van der Waals surface area contributed by atoms with Crippen LogP contribution >= 0.6 is 0 Å². The normalized spacial score (nSPS) is 35.2. The van der Waals surface area contributed by atoms with Gasteiger partial charge in [0.2, 0.25) is 5.91 Å². The maximum Gasteiger partial charge on any atom is 0.394 e. The van der Waals surface area contributed by atoms with Gasteiger partial charge in [0, 0.05) is 12.1 Å². The Morgan fingerprint density at radius 3 is 2.08 bits per heavy atom. The van der Waals surface area contributed by atoms with E-state index in [1.807, 2.05) is 0 Å². The number of amides is 1. The van der Waals surface area contributed by atoms with E-state index in [0.717, 1.165) is 25.9 Å². The molecule has 1 amide bonds. The summed E-state index contributed by atoms with van der Waals surface area (Å²) in [5.74, 6) is 0.258. The summed E-state index contributed by atoms with van der Waals surface area (Å²) < 4.78 is 39.8. The number of nitrogens with one attached hydrogen (secondary N) is 1. The molecule has 0 aromatic carbocycles. The zero-order valence-electron chi connectivity index (χ0n) is 14.0. The SMILES string of the molecule is O=C(CN1CCC(CO)CC1)NC12CCC(C(F)(F)F)(CC1)CC2. The summed E-state index contributed by atoms with van der Waals surface area (Å²) in [6, 6.07) is 0. The number of carbonyl (C=O) groups excluding carboxylic acids is 1. The average molecular weight is 348 g/mol. The molecule has 0 unspecified atom stereocenters. The van der Waals surface area contributed by atoms with Gasteiger partial charge >= 0.3 is 6.18 Å². The predicted molar refractivity (Wildman–Crippen MR) is 83.3 cm³/mol. The van der Waals surface area contributed by atoms with Gasteiger partial charge in [0.15, 0.2) is 0 Å². The van der Waals surface area contributed by atoms with Crippen LogP contribution in [0.3, 0.4) is 0 Å². The lowest BCUT2D eigenvalue weighted by Crippen LogP contribution is -2.60. The quantitative estimate of drug-likeness (QED) is 0.821. The number of aliphatic hydroxyl groups excluding tert-OH is 1. The molecule has 1 aliphatic heterocycles. The first-order valence-electron chi connectivity index (χ1n) is 8.99. The number of hydrogen-bond acceptors (Lipinski definition) is 3. The topological polar surface area (TPSA) is 52.6 Å². The standard InChI is InChI=1S/C17H27F3N2O2/c18-17(19,20)15-3-6-16(7-4-15,8-5-15)21-14(24)11-22-9-1-13(12-23)2-10-22/h13,23H,1-12H2,(H,21,24). The molecule has 0 radical (unpaired) electrons. The molecule has 3 aliphatic carbocycles. The monoisotopic (exact) mass is 348 g/mol. The van der Waals surface area contributed by atoms with Gasteiger partial charge in [-0.25, -0.2) is 0 Å². The van der Waals surface area contributed by atoms with Gasteiger partial charge in [-0.05, 0) is 70.4 Å². The van der Waals surface area contributed by atoms with Gasteiger partial charge in [0.05, 0.1) is 12.0 Å². The zero-order chi connectivity index (χ0) is 17.4. The van der Waals surface area contributed by atoms with Gasteiger partial charge < -0.3 is 10.4 Å². The first-order valence-corrected chi connectivity index (χ1v) is 8.99. The van der Waals surface area contributed by atoms with E-state index in [0.29, 0.717) is 31.7 Å². The fraction of sp³-hybridized carbons (Fsp3) is 0.941. The van der Waals surface area contributed by atoms with E-state index in [-0.39, 0.29) is 31.8 Å². The highest BCUT2D eigenvalue weighted by Crippen LogP contribution is 2.59. The number of carbonyl (C=O) groups is 1. The van der Waals surface area contributed by atoms with E-state index >= 15 is 0 Å². The Kier molecular flexibility index (Phi) is 4.86. The molecule has 4 rings (SSSR count). The summed E-state index contributed by atoms with van der Waals surface area (Å²) in [5, 5.41) is 12.2. The van der Waals surface area contributed by atoms with Gasteiger partial charge in [0.25, 0.3) is 0 Å². The molecule has 2 bridgehead atoms. The maximum absolute atomic E-state index is 13.3. The third kappa shape index (κ3) is 3.43. The number of piperidine rings is 1. The molecule has 1 heterocycles. The Morgan fingerprint density at radius 2 is 1.62 bits per heavy atom. The number of aliphatic hydroxyl groups is 1. The minimum atomic E-state index is -4.12. The highest BCUT2D eigenvalue weighted by Gasteiger charge is 2.61. The largest absolute Gasteiger partial charge is 0.396 e. The third-order valence-corrected chi connectivity index (χ3v) is 6.58. The van der Waals surface area contributed by atoms with Gasteiger partial charge in [-0.3, -0.25) is 9.69 Å². The van der Waals surface area contributed by atoms with Crippen LogP contribution in [0.1, 0.15) is 51.4 Å². The highest BCUT2D eigenvalue weighted by molar-refractivity contribution is 5.79. The van der Waals surface area contributed by atoms with E-state index in [1.54, 1.807) is 0 Å². The first-order chi connectivity index (χ1) is 11.3. The molecule has 4 fully saturated rings. The van der Waals surface area contributed by atoms with E-state index in [4.69, 9.17) is 5.11 Å². The van der Waals surface area contributed by atoms with Crippen LogP contribution in [-0.2, 0) is 4.79 Å². The Bertz CT molecular complexity index is 448. The highest BCUT2D eigenvalue weighted by atomic mass is 19.4. The summed E-state index contributed by atoms with van der Waals surface area (Å²) in [7, 11) is 0. The van der Waals surface area contributed by atoms with Crippen molar-refractivity contribution in [2.24, 2.45) is 11.3 Å². The van der Waals surface area contributed by atoms with Crippen molar-refractivity contribution < 1.29 is 23.1 Å². The molecular weight excluding hydrogens is 321 g/mol. The summed E-state index contributed by atoms with van der Waals surface area (Å²) in [6.45, 7) is 2.10. The van der Waals surface area contributed by atoms with Crippen molar-refractivity contribution in [3.05, 3.63) is 0 Å². The number of halogens is 3. The third-order valence-electron chi connectivity index (χ3n) is 6.58. The first kappa shape index (κ1) is 18.0. The van der Waals surface area contributed by atoms with E-state index in [1.165, 1.54) is 0 Å². The molecule has 2 N–H and O–H groups in total. The van der Waals surface area contributed by atoms with Crippen LogP contribution in [0.15, 0.2) is 0 Å². The minimum absolute atomic E-state index is 0.0705. The van der Waals surface area contributed by atoms with Crippen molar-refractivity contribution in [2.75, 3.05) is 26.2 Å². The molecule has 4 aliphatic rings. The minimum Gasteiger partial charge on any atom is -0.396 e. The van der Waals surface area contributed by atoms with Crippen LogP contribution in [0.5, 0.6) is 0 Å². The second-order valence-electron chi connectivity index (χ2n) is 8.01. The number of rotatable bonds is 4. The van der Waals surface area contributed by atoms with Gasteiger partial charge in [-0.15, -0.1) is 0 Å². The lowest BCUT2D eigenvalue weighted by molar-refractivity contribution is -0.254. The van der Waals surface area contributed by atoms with Gasteiger partial charge in [-0.1, -0.05) is 0 Å². The van der Waals surface area contributed by atoms with E-state index in [9.17, 15) is 18.0 Å². The van der Waals surface area contributed by atoms with Crippen molar-refractivity contribution in [1.29, 1.82) is 0 Å². The molecule has 3 saturated carbocycles. The van der Waals surface area contributed by atoms with Gasteiger partial charge in [0.1, 0.15) is 0 Å². The lowest BCUT2D eigenvalue weighted by Gasteiger charge is -2.54. The average Bonchev–Trinajstić information content (AvgIpc) is 2.56. The number of likely N-dealkylation sites (tertiary alicyclic amines) is 1. The fourth-order valence-electron chi connectivity index (χ4n) is 4.66. The lowest BCUT2D eigenvalue weighted by atomic mass is 9.57.